The molecule has 0 bridgehead atoms. The van der Waals surface area contributed by atoms with Crippen molar-refractivity contribution in [1.29, 1.82) is 5.26 Å². The van der Waals surface area contributed by atoms with Crippen molar-refractivity contribution in [3.63, 3.8) is 0 Å². The quantitative estimate of drug-likeness (QED) is 0.813. The number of carbonyl (C=O) groups excluding carboxylic acids is 1. The molecule has 0 aromatic carbocycles. The predicted molar refractivity (Wildman–Crippen MR) is 100 cm³/mol. The molecular formula is C21H23N5O2. The summed E-state index contributed by atoms with van der Waals surface area (Å²) in [6.07, 6.45) is 13.8. The van der Waals surface area contributed by atoms with E-state index in [1.807, 2.05) is 12.3 Å². The summed E-state index contributed by atoms with van der Waals surface area (Å²) in [6.45, 7) is 0.532. The number of pyridine rings is 1. The van der Waals surface area contributed by atoms with E-state index in [0.29, 0.717) is 18.1 Å². The summed E-state index contributed by atoms with van der Waals surface area (Å²) in [7, 11) is 0. The summed E-state index contributed by atoms with van der Waals surface area (Å²) < 4.78 is 0. The maximum atomic E-state index is 13.0. The van der Waals surface area contributed by atoms with Crippen LogP contribution in [0.2, 0.25) is 0 Å². The number of hydrogen-bond acceptors (Lipinski definition) is 6. The maximum Gasteiger partial charge on any atom is 0.249 e. The van der Waals surface area contributed by atoms with Crippen LogP contribution in [0.15, 0.2) is 37.1 Å². The number of carbonyl (C=O) groups is 1. The molecule has 144 valence electrons. The Bertz CT molecular complexity index is 859. The topological polar surface area (TPSA) is 92.0 Å². The zero-order chi connectivity index (χ0) is 19.3. The van der Waals surface area contributed by atoms with Gasteiger partial charge in [-0.2, -0.15) is 5.26 Å². The molecule has 1 saturated carbocycles. The van der Waals surface area contributed by atoms with Crippen LogP contribution in [0.3, 0.4) is 0 Å². The fourth-order valence-electron chi connectivity index (χ4n) is 4.22. The number of nitrogens with zero attached hydrogens (tertiary/aromatic N) is 5. The van der Waals surface area contributed by atoms with E-state index >= 15 is 0 Å². The third-order valence-electron chi connectivity index (χ3n) is 5.69. The van der Waals surface area contributed by atoms with Gasteiger partial charge in [0.2, 0.25) is 5.91 Å². The molecule has 2 aromatic rings. The average molecular weight is 377 g/mol. The standard InChI is InChI=1S/C21H23N5O2/c22-11-17-10-16(12-24-13-17)9-15-1-3-18(4-2-15)21(27)26-20(5-8-28-26)19-14-23-6-7-25-19/h6-7,10,12-15,18,20H,1-5,8-9H2/t15?,18?,20-/m0/s1. The zero-order valence-electron chi connectivity index (χ0n) is 15.7. The van der Waals surface area contributed by atoms with Gasteiger partial charge in [-0.3, -0.25) is 24.6 Å². The Morgan fingerprint density at radius 2 is 2.00 bits per heavy atom. The first-order valence-electron chi connectivity index (χ1n) is 9.80. The Kier molecular flexibility index (Phi) is 5.58. The van der Waals surface area contributed by atoms with Crippen LogP contribution in [0.1, 0.15) is 55.0 Å². The molecule has 28 heavy (non-hydrogen) atoms. The lowest BCUT2D eigenvalue weighted by atomic mass is 9.79. The van der Waals surface area contributed by atoms with Crippen molar-refractivity contribution in [3.8, 4) is 6.07 Å². The molecule has 0 spiro atoms. The van der Waals surface area contributed by atoms with Crippen molar-refractivity contribution in [2.75, 3.05) is 6.61 Å². The molecule has 0 unspecified atom stereocenters. The number of nitriles is 1. The van der Waals surface area contributed by atoms with Crippen LogP contribution in [-0.2, 0) is 16.1 Å². The minimum absolute atomic E-state index is 0.00270. The van der Waals surface area contributed by atoms with Crippen LogP contribution in [0.5, 0.6) is 0 Å². The van der Waals surface area contributed by atoms with Gasteiger partial charge in [0.15, 0.2) is 0 Å². The van der Waals surface area contributed by atoms with E-state index in [1.165, 1.54) is 5.06 Å². The molecule has 1 saturated heterocycles. The van der Waals surface area contributed by atoms with Crippen molar-refractivity contribution in [1.82, 2.24) is 20.0 Å². The Morgan fingerprint density at radius 1 is 1.14 bits per heavy atom. The van der Waals surface area contributed by atoms with Crippen molar-refractivity contribution >= 4 is 5.91 Å². The molecular weight excluding hydrogens is 354 g/mol. The van der Waals surface area contributed by atoms with Crippen molar-refractivity contribution < 1.29 is 9.63 Å². The lowest BCUT2D eigenvalue weighted by molar-refractivity contribution is -0.183. The summed E-state index contributed by atoms with van der Waals surface area (Å²) in [4.78, 5) is 31.3. The van der Waals surface area contributed by atoms with Crippen molar-refractivity contribution in [3.05, 3.63) is 53.9 Å². The smallest absolute Gasteiger partial charge is 0.249 e. The molecule has 2 aromatic heterocycles. The second-order valence-electron chi connectivity index (χ2n) is 7.55. The van der Waals surface area contributed by atoms with Gasteiger partial charge in [-0.25, -0.2) is 5.06 Å². The van der Waals surface area contributed by atoms with E-state index < -0.39 is 0 Å². The fraction of sp³-hybridized carbons (Fsp3) is 0.476. The first-order chi connectivity index (χ1) is 13.7. The van der Waals surface area contributed by atoms with Gasteiger partial charge in [-0.05, 0) is 49.7 Å². The summed E-state index contributed by atoms with van der Waals surface area (Å²) in [5, 5.41) is 10.6. The predicted octanol–water partition coefficient (Wildman–Crippen LogP) is 3.00. The Morgan fingerprint density at radius 3 is 2.75 bits per heavy atom. The number of hydroxylamine groups is 2. The third-order valence-corrected chi connectivity index (χ3v) is 5.69. The SMILES string of the molecule is N#Cc1cncc(CC2CCC(C(=O)N3OCC[C@H]3c3cnccn3)CC2)c1. The second-order valence-corrected chi connectivity index (χ2v) is 7.55. The Balaban J connectivity index is 1.34. The zero-order valence-corrected chi connectivity index (χ0v) is 15.7. The normalized spacial score (nSPS) is 24.7. The van der Waals surface area contributed by atoms with Crippen LogP contribution < -0.4 is 0 Å². The van der Waals surface area contributed by atoms with Gasteiger partial charge in [-0.15, -0.1) is 0 Å². The summed E-state index contributed by atoms with van der Waals surface area (Å²) >= 11 is 0. The molecule has 3 heterocycles. The molecule has 4 rings (SSSR count). The minimum atomic E-state index is -0.140. The molecule has 1 aliphatic heterocycles. The molecule has 2 fully saturated rings. The van der Waals surface area contributed by atoms with E-state index in [-0.39, 0.29) is 17.9 Å². The van der Waals surface area contributed by atoms with Crippen LogP contribution in [0.4, 0.5) is 0 Å². The summed E-state index contributed by atoms with van der Waals surface area (Å²) in [5.41, 5.74) is 2.48. The van der Waals surface area contributed by atoms with Crippen molar-refractivity contribution in [2.45, 2.75) is 44.6 Å². The molecule has 0 N–H and O–H groups in total. The first kappa shape index (κ1) is 18.5. The van der Waals surface area contributed by atoms with Gasteiger partial charge in [0.1, 0.15) is 12.1 Å². The highest BCUT2D eigenvalue weighted by Gasteiger charge is 2.37. The van der Waals surface area contributed by atoms with Gasteiger partial charge >= 0.3 is 0 Å². The number of aromatic nitrogens is 3. The number of amides is 1. The van der Waals surface area contributed by atoms with Crippen LogP contribution >= 0.6 is 0 Å². The summed E-state index contributed by atoms with van der Waals surface area (Å²) in [5.74, 6) is 0.590. The molecule has 7 heteroatoms. The molecule has 7 nitrogen and oxygen atoms in total. The minimum Gasteiger partial charge on any atom is -0.272 e. The Labute approximate surface area is 164 Å². The fourth-order valence-corrected chi connectivity index (χ4v) is 4.22. The highest BCUT2D eigenvalue weighted by molar-refractivity contribution is 5.78. The number of rotatable bonds is 4. The van der Waals surface area contributed by atoms with E-state index in [0.717, 1.165) is 49.8 Å². The number of hydrogen-bond donors (Lipinski definition) is 0. The lowest BCUT2D eigenvalue weighted by Crippen LogP contribution is -2.37. The van der Waals surface area contributed by atoms with Gasteiger partial charge < -0.3 is 0 Å². The van der Waals surface area contributed by atoms with Crippen LogP contribution in [-0.4, -0.2) is 32.5 Å². The van der Waals surface area contributed by atoms with E-state index in [4.69, 9.17) is 10.1 Å². The monoisotopic (exact) mass is 377 g/mol. The largest absolute Gasteiger partial charge is 0.272 e. The van der Waals surface area contributed by atoms with Crippen LogP contribution in [0.25, 0.3) is 0 Å². The molecule has 0 radical (unpaired) electrons. The second kappa shape index (κ2) is 8.44. The third kappa shape index (κ3) is 4.02. The average Bonchev–Trinajstić information content (AvgIpc) is 3.24. The highest BCUT2D eigenvalue weighted by Crippen LogP contribution is 2.36. The maximum absolute atomic E-state index is 13.0. The van der Waals surface area contributed by atoms with Gasteiger partial charge in [0, 0.05) is 37.1 Å². The summed E-state index contributed by atoms with van der Waals surface area (Å²) in [6, 6.07) is 3.91. The van der Waals surface area contributed by atoms with Gasteiger partial charge in [-0.1, -0.05) is 0 Å². The first-order valence-corrected chi connectivity index (χ1v) is 9.80. The molecule has 2 aliphatic rings. The lowest BCUT2D eigenvalue weighted by Gasteiger charge is -2.31. The van der Waals surface area contributed by atoms with Gasteiger partial charge in [0.25, 0.3) is 0 Å². The van der Waals surface area contributed by atoms with Crippen molar-refractivity contribution in [2.24, 2.45) is 11.8 Å². The van der Waals surface area contributed by atoms with E-state index in [9.17, 15) is 4.79 Å². The molecule has 1 aliphatic carbocycles. The Hall–Kier alpha value is -2.85. The van der Waals surface area contributed by atoms with Gasteiger partial charge in [0.05, 0.1) is 24.1 Å². The van der Waals surface area contributed by atoms with Crippen LogP contribution in [0, 0.1) is 23.2 Å². The van der Waals surface area contributed by atoms with E-state index in [2.05, 4.69) is 21.0 Å². The molecule has 1 amide bonds. The molecule has 1 atom stereocenters. The highest BCUT2D eigenvalue weighted by atomic mass is 16.7. The van der Waals surface area contributed by atoms with E-state index in [1.54, 1.807) is 24.8 Å².